The maximum Gasteiger partial charge on any atom is 0.144 e. The van der Waals surface area contributed by atoms with E-state index in [2.05, 4.69) is 131 Å². The molecule has 1 aromatic heterocycles. The van der Waals surface area contributed by atoms with E-state index in [4.69, 9.17) is 9.47 Å². The Hall–Kier alpha value is -4.19. The average molecular weight is 807 g/mol. The van der Waals surface area contributed by atoms with Gasteiger partial charge in [-0.25, -0.2) is 9.37 Å². The van der Waals surface area contributed by atoms with Crippen LogP contribution in [-0.4, -0.2) is 28.5 Å². The number of allylic oxidation sites excluding steroid dienone is 1. The molecule has 0 amide bonds. The van der Waals surface area contributed by atoms with Gasteiger partial charge in [-0.3, -0.25) is 9.36 Å². The molecule has 0 saturated carbocycles. The van der Waals surface area contributed by atoms with Crippen molar-refractivity contribution in [2.75, 3.05) is 13.2 Å². The molecule has 322 valence electrons. The molecule has 0 bridgehead atoms. The first-order valence-corrected chi connectivity index (χ1v) is 21.7. The van der Waals surface area contributed by atoms with Crippen molar-refractivity contribution in [2.45, 2.75) is 141 Å². The molecule has 0 N–H and O–H groups in total. The minimum absolute atomic E-state index is 0.0566. The summed E-state index contributed by atoms with van der Waals surface area (Å²) in [5.41, 5.74) is 1.74. The van der Waals surface area contributed by atoms with Gasteiger partial charge in [0.05, 0.1) is 5.76 Å². The first-order chi connectivity index (χ1) is 27.2. The molecule has 0 aliphatic rings. The van der Waals surface area contributed by atoms with Crippen molar-refractivity contribution in [3.05, 3.63) is 114 Å². The molecule has 0 aliphatic carbocycles. The summed E-state index contributed by atoms with van der Waals surface area (Å²) < 4.78 is 30.8. The number of hydrogen-bond acceptors (Lipinski definition) is 4. The lowest BCUT2D eigenvalue weighted by molar-refractivity contribution is -0.136. The highest BCUT2D eigenvalue weighted by atomic mass is 19.1. The van der Waals surface area contributed by atoms with E-state index in [1.54, 1.807) is 26.1 Å². The van der Waals surface area contributed by atoms with Crippen LogP contribution in [0.5, 0.6) is 5.75 Å². The van der Waals surface area contributed by atoms with Crippen molar-refractivity contribution in [2.24, 2.45) is 33.0 Å². The van der Waals surface area contributed by atoms with Crippen molar-refractivity contribution < 1.29 is 18.7 Å². The summed E-state index contributed by atoms with van der Waals surface area (Å²) >= 11 is 0. The Morgan fingerprint density at radius 3 is 2.05 bits per heavy atom. The molecule has 4 unspecified atom stereocenters. The number of rotatable bonds is 19. The van der Waals surface area contributed by atoms with Crippen LogP contribution >= 0.6 is 0 Å². The predicted octanol–water partition coefficient (Wildman–Crippen LogP) is 14.7. The van der Waals surface area contributed by atoms with Gasteiger partial charge in [0, 0.05) is 46.5 Å². The SMILES string of the molecule is C=C(OCCOc1ccc(-c2nccn2-c2ccccc2C)c(C(C)(C)F)c1)C(C)(CC(C)(C)CC(c1ccccc1)C(C)(C)C)C(C)CC(C)(C(=O)CC)C(C)(C)C. The summed E-state index contributed by atoms with van der Waals surface area (Å²) in [6, 6.07) is 24.5. The molecule has 5 nitrogen and oxygen atoms in total. The molecule has 6 heteroatoms. The molecule has 0 radical (unpaired) electrons. The third kappa shape index (κ3) is 11.2. The average Bonchev–Trinajstić information content (AvgIpc) is 3.63. The van der Waals surface area contributed by atoms with Gasteiger partial charge in [0.1, 0.15) is 36.2 Å². The number of para-hydroxylation sites is 1. The molecule has 1 heterocycles. The number of hydrogen-bond donors (Lipinski definition) is 0. The van der Waals surface area contributed by atoms with Crippen LogP contribution in [0.1, 0.15) is 145 Å². The van der Waals surface area contributed by atoms with Crippen molar-refractivity contribution in [1.82, 2.24) is 9.55 Å². The van der Waals surface area contributed by atoms with Crippen LogP contribution in [0.15, 0.2) is 97.5 Å². The number of imidazole rings is 1. The molecule has 0 fully saturated rings. The van der Waals surface area contributed by atoms with Crippen LogP contribution in [0.4, 0.5) is 4.39 Å². The summed E-state index contributed by atoms with van der Waals surface area (Å²) in [5.74, 6) is 2.64. The number of ketones is 1. The molecular weight excluding hydrogens is 732 g/mol. The van der Waals surface area contributed by atoms with Crippen LogP contribution < -0.4 is 4.74 Å². The molecule has 59 heavy (non-hydrogen) atoms. The van der Waals surface area contributed by atoms with E-state index in [1.807, 2.05) is 48.0 Å². The number of aryl methyl sites for hydroxylation is 1. The minimum Gasteiger partial charge on any atom is -0.494 e. The number of benzene rings is 3. The Morgan fingerprint density at radius 2 is 1.47 bits per heavy atom. The maximum atomic E-state index is 16.0. The Balaban J connectivity index is 1.60. The smallest absolute Gasteiger partial charge is 0.144 e. The third-order valence-corrected chi connectivity index (χ3v) is 13.4. The highest BCUT2D eigenvalue weighted by Gasteiger charge is 2.49. The van der Waals surface area contributed by atoms with Gasteiger partial charge in [-0.15, -0.1) is 0 Å². The Bertz CT molecular complexity index is 2030. The standard InChI is InChI=1S/C53H75FN2O3/c1-17-46(57)53(16,49(8,9)10)34-38(3)52(15,36-50(11,12)35-44(48(5,6)7)40-24-19-18-20-25-40)39(4)58-31-32-59-41-27-28-42(43(33-41)51(13,14)54)47-55-29-30-56(47)45-26-22-21-23-37(45)2/h18-30,33,38,44H,4,17,31-32,34-36H2,1-3,5-16H3. The number of carbonyl (C=O) groups excluding carboxylic acids is 1. The van der Waals surface area contributed by atoms with Crippen molar-refractivity contribution in [3.63, 3.8) is 0 Å². The van der Waals surface area contributed by atoms with Gasteiger partial charge in [-0.2, -0.15) is 0 Å². The van der Waals surface area contributed by atoms with Gasteiger partial charge in [-0.05, 0) is 104 Å². The number of carbonyl (C=O) groups is 1. The summed E-state index contributed by atoms with van der Waals surface area (Å²) in [6.07, 6.45) is 6.69. The number of alkyl halides is 1. The maximum absolute atomic E-state index is 16.0. The molecule has 4 aromatic rings. The first-order valence-electron chi connectivity index (χ1n) is 21.7. The molecule has 4 rings (SSSR count). The summed E-state index contributed by atoms with van der Waals surface area (Å²) in [5, 5.41) is 0. The zero-order chi connectivity index (χ0) is 44.2. The highest BCUT2D eigenvalue weighted by molar-refractivity contribution is 5.85. The van der Waals surface area contributed by atoms with Gasteiger partial charge < -0.3 is 9.47 Å². The fourth-order valence-electron chi connectivity index (χ4n) is 9.16. The summed E-state index contributed by atoms with van der Waals surface area (Å²) in [4.78, 5) is 18.4. The molecule has 0 saturated heterocycles. The molecule has 0 aliphatic heterocycles. The van der Waals surface area contributed by atoms with E-state index in [0.29, 0.717) is 47.2 Å². The second kappa shape index (κ2) is 18.2. The van der Waals surface area contributed by atoms with Crippen molar-refractivity contribution in [3.8, 4) is 22.8 Å². The van der Waals surface area contributed by atoms with Crippen LogP contribution in [0.2, 0.25) is 0 Å². The third-order valence-electron chi connectivity index (χ3n) is 13.4. The Morgan fingerprint density at radius 1 is 0.847 bits per heavy atom. The lowest BCUT2D eigenvalue weighted by Crippen LogP contribution is -2.45. The molecule has 4 atom stereocenters. The Kier molecular flexibility index (Phi) is 14.6. The summed E-state index contributed by atoms with van der Waals surface area (Å²) in [7, 11) is 0. The van der Waals surface area contributed by atoms with Crippen molar-refractivity contribution in [1.29, 1.82) is 0 Å². The second-order valence-electron chi connectivity index (χ2n) is 21.0. The second-order valence-corrected chi connectivity index (χ2v) is 21.0. The number of nitrogens with zero attached hydrogens (tertiary/aromatic N) is 2. The quantitative estimate of drug-likeness (QED) is 0.0699. The van der Waals surface area contributed by atoms with Gasteiger partial charge in [0.2, 0.25) is 0 Å². The monoisotopic (exact) mass is 807 g/mol. The van der Waals surface area contributed by atoms with E-state index in [-0.39, 0.29) is 41.2 Å². The zero-order valence-corrected chi connectivity index (χ0v) is 39.2. The normalized spacial score (nSPS) is 15.8. The minimum atomic E-state index is -1.65. The van der Waals surface area contributed by atoms with Gasteiger partial charge in [0.25, 0.3) is 0 Å². The van der Waals surface area contributed by atoms with Crippen LogP contribution in [0.25, 0.3) is 17.1 Å². The fourth-order valence-corrected chi connectivity index (χ4v) is 9.16. The van der Waals surface area contributed by atoms with E-state index in [9.17, 15) is 4.79 Å². The van der Waals surface area contributed by atoms with Gasteiger partial charge >= 0.3 is 0 Å². The lowest BCUT2D eigenvalue weighted by Gasteiger charge is -2.49. The topological polar surface area (TPSA) is 53.4 Å². The Labute approximate surface area is 357 Å². The van der Waals surface area contributed by atoms with E-state index >= 15 is 4.39 Å². The number of ether oxygens (including phenoxy) is 2. The largest absolute Gasteiger partial charge is 0.494 e. The first kappa shape index (κ1) is 47.5. The van der Waals surface area contributed by atoms with Crippen molar-refractivity contribution >= 4 is 5.78 Å². The highest BCUT2D eigenvalue weighted by Crippen LogP contribution is 2.55. The molecular formula is C53H75FN2O3. The molecule has 0 spiro atoms. The predicted molar refractivity (Wildman–Crippen MR) is 245 cm³/mol. The number of Topliss-reactive ketones (excluding diaryl/α,β-unsaturated/α-hetero) is 1. The van der Waals surface area contributed by atoms with Gasteiger partial charge in [-0.1, -0.05) is 138 Å². The van der Waals surface area contributed by atoms with E-state index in [0.717, 1.165) is 24.1 Å². The van der Waals surface area contributed by atoms with E-state index in [1.165, 1.54) is 5.56 Å². The van der Waals surface area contributed by atoms with Crippen LogP contribution in [0, 0.1) is 39.9 Å². The molecule has 3 aromatic carbocycles. The van der Waals surface area contributed by atoms with Crippen LogP contribution in [-0.2, 0) is 15.2 Å². The summed E-state index contributed by atoms with van der Waals surface area (Å²) in [6.45, 7) is 37.3. The fraction of sp³-hybridized carbons (Fsp3) is 0.547. The number of halogens is 1. The van der Waals surface area contributed by atoms with E-state index < -0.39 is 16.5 Å². The number of aromatic nitrogens is 2. The lowest BCUT2D eigenvalue weighted by atomic mass is 9.55. The van der Waals surface area contributed by atoms with Crippen LogP contribution in [0.3, 0.4) is 0 Å². The van der Waals surface area contributed by atoms with Gasteiger partial charge in [0.15, 0.2) is 0 Å². The zero-order valence-electron chi connectivity index (χ0n) is 39.2.